The van der Waals surface area contributed by atoms with Crippen LogP contribution in [0.5, 0.6) is 0 Å². The lowest BCUT2D eigenvalue weighted by Crippen LogP contribution is -2.44. The standard InChI is InChI=1S/C19H24ClNO5S/c1-26-17(22)15-3-2-14(12-16(15)20)27(25)13-4-6-19(7-5-13)8-10-21(11-9-19)18(23)24/h2-3,12-13H,4-11H2,1H3,(H,23,24). The van der Waals surface area contributed by atoms with Gasteiger partial charge in [-0.25, -0.2) is 9.59 Å². The molecule has 1 atom stereocenters. The minimum atomic E-state index is -1.18. The molecule has 0 aromatic heterocycles. The second kappa shape index (κ2) is 8.19. The molecule has 0 bridgehead atoms. The molecule has 1 N–H and O–H groups in total. The predicted octanol–water partition coefficient (Wildman–Crippen LogP) is 3.94. The van der Waals surface area contributed by atoms with E-state index in [4.69, 9.17) is 16.7 Å². The molecule has 0 radical (unpaired) electrons. The lowest BCUT2D eigenvalue weighted by Gasteiger charge is -2.45. The normalized spacial score (nSPS) is 21.0. The monoisotopic (exact) mass is 413 g/mol. The van der Waals surface area contributed by atoms with Gasteiger partial charge >= 0.3 is 12.1 Å². The average Bonchev–Trinajstić information content (AvgIpc) is 2.67. The summed E-state index contributed by atoms with van der Waals surface area (Å²) in [7, 11) is 0.115. The van der Waals surface area contributed by atoms with E-state index < -0.39 is 22.9 Å². The summed E-state index contributed by atoms with van der Waals surface area (Å²) in [5.41, 5.74) is 0.465. The van der Waals surface area contributed by atoms with E-state index in [0.717, 1.165) is 38.5 Å². The first-order valence-corrected chi connectivity index (χ1v) is 10.7. The molecule has 1 spiro atoms. The van der Waals surface area contributed by atoms with Crippen molar-refractivity contribution in [2.45, 2.75) is 48.7 Å². The van der Waals surface area contributed by atoms with E-state index in [2.05, 4.69) is 4.74 Å². The zero-order valence-corrected chi connectivity index (χ0v) is 16.9. The molecule has 1 saturated heterocycles. The first-order valence-electron chi connectivity index (χ1n) is 9.11. The third-order valence-electron chi connectivity index (χ3n) is 5.97. The Kier molecular flexibility index (Phi) is 6.11. The first kappa shape index (κ1) is 20.1. The molecule has 2 fully saturated rings. The Morgan fingerprint density at radius 2 is 1.85 bits per heavy atom. The minimum Gasteiger partial charge on any atom is -0.465 e. The fourth-order valence-electron chi connectivity index (χ4n) is 4.18. The molecule has 3 rings (SSSR count). The second-order valence-corrected chi connectivity index (χ2v) is 9.54. The number of methoxy groups -OCH3 is 1. The molecule has 148 valence electrons. The van der Waals surface area contributed by atoms with Crippen molar-refractivity contribution in [3.8, 4) is 0 Å². The number of esters is 1. The first-order chi connectivity index (χ1) is 12.8. The van der Waals surface area contributed by atoms with Crippen molar-refractivity contribution in [1.82, 2.24) is 4.90 Å². The number of benzene rings is 1. The van der Waals surface area contributed by atoms with Crippen LogP contribution in [0.1, 0.15) is 48.9 Å². The van der Waals surface area contributed by atoms with Gasteiger partial charge in [0.15, 0.2) is 0 Å². The van der Waals surface area contributed by atoms with E-state index in [-0.39, 0.29) is 21.3 Å². The lowest BCUT2D eigenvalue weighted by atomic mass is 9.68. The molecule has 1 unspecified atom stereocenters. The minimum absolute atomic E-state index is 0.0631. The molecule has 27 heavy (non-hydrogen) atoms. The number of rotatable bonds is 3. The SMILES string of the molecule is COC(=O)c1ccc(S(=O)C2CCC3(CC2)CCN(C(=O)O)CC3)cc1Cl. The highest BCUT2D eigenvalue weighted by molar-refractivity contribution is 7.85. The number of hydrogen-bond acceptors (Lipinski definition) is 4. The average molecular weight is 414 g/mol. The highest BCUT2D eigenvalue weighted by Gasteiger charge is 2.40. The molecule has 1 aromatic carbocycles. The Bertz CT molecular complexity index is 750. The van der Waals surface area contributed by atoms with Crippen molar-refractivity contribution in [2.75, 3.05) is 20.2 Å². The highest BCUT2D eigenvalue weighted by atomic mass is 35.5. The zero-order chi connectivity index (χ0) is 19.6. The van der Waals surface area contributed by atoms with Crippen LogP contribution in [0.15, 0.2) is 23.1 Å². The summed E-state index contributed by atoms with van der Waals surface area (Å²) in [6, 6.07) is 4.84. The van der Waals surface area contributed by atoms with Gasteiger partial charge in [0.25, 0.3) is 0 Å². The zero-order valence-electron chi connectivity index (χ0n) is 15.3. The van der Waals surface area contributed by atoms with Crippen LogP contribution in [0.2, 0.25) is 5.02 Å². The number of nitrogens with zero attached hydrogens (tertiary/aromatic N) is 1. The molecule has 1 amide bonds. The second-order valence-electron chi connectivity index (χ2n) is 7.40. The third kappa shape index (κ3) is 4.29. The Morgan fingerprint density at radius 1 is 1.22 bits per heavy atom. The number of carboxylic acid groups (broad SMARTS) is 1. The van der Waals surface area contributed by atoms with Crippen molar-refractivity contribution < 1.29 is 23.6 Å². The summed E-state index contributed by atoms with van der Waals surface area (Å²) in [6.45, 7) is 1.18. The lowest BCUT2D eigenvalue weighted by molar-refractivity contribution is 0.0599. The van der Waals surface area contributed by atoms with Crippen molar-refractivity contribution in [3.63, 3.8) is 0 Å². The molecule has 2 aliphatic rings. The number of halogens is 1. The van der Waals surface area contributed by atoms with Gasteiger partial charge in [0.1, 0.15) is 0 Å². The molecular formula is C19H24ClNO5S. The molecule has 1 aliphatic carbocycles. The highest BCUT2D eigenvalue weighted by Crippen LogP contribution is 2.46. The molecule has 1 heterocycles. The maximum absolute atomic E-state index is 13.0. The molecule has 6 nitrogen and oxygen atoms in total. The van der Waals surface area contributed by atoms with E-state index >= 15 is 0 Å². The smallest absolute Gasteiger partial charge is 0.407 e. The van der Waals surface area contributed by atoms with Crippen LogP contribution in [0.3, 0.4) is 0 Å². The van der Waals surface area contributed by atoms with Crippen molar-refractivity contribution >= 4 is 34.5 Å². The van der Waals surface area contributed by atoms with E-state index in [1.807, 2.05) is 0 Å². The largest absolute Gasteiger partial charge is 0.465 e. The van der Waals surface area contributed by atoms with Crippen LogP contribution in [0.4, 0.5) is 4.79 Å². The summed E-state index contributed by atoms with van der Waals surface area (Å²) in [5, 5.41) is 9.42. The fraction of sp³-hybridized carbons (Fsp3) is 0.579. The van der Waals surface area contributed by atoms with Gasteiger partial charge in [0, 0.05) is 23.2 Å². The van der Waals surface area contributed by atoms with E-state index in [1.165, 1.54) is 12.0 Å². The van der Waals surface area contributed by atoms with Gasteiger partial charge in [-0.15, -0.1) is 0 Å². The third-order valence-corrected chi connectivity index (χ3v) is 8.08. The molecule has 1 saturated carbocycles. The Labute approximate surface area is 166 Å². The number of hydrogen-bond donors (Lipinski definition) is 1. The van der Waals surface area contributed by atoms with Gasteiger partial charge in [0.2, 0.25) is 0 Å². The summed E-state index contributed by atoms with van der Waals surface area (Å²) in [4.78, 5) is 24.8. The molecular weight excluding hydrogens is 390 g/mol. The van der Waals surface area contributed by atoms with Crippen LogP contribution in [0, 0.1) is 5.41 Å². The van der Waals surface area contributed by atoms with Crippen LogP contribution in [0.25, 0.3) is 0 Å². The van der Waals surface area contributed by atoms with Gasteiger partial charge in [-0.3, -0.25) is 4.21 Å². The number of carbonyl (C=O) groups excluding carboxylic acids is 1. The summed E-state index contributed by atoms with van der Waals surface area (Å²) in [5.74, 6) is -0.510. The van der Waals surface area contributed by atoms with Gasteiger partial charge in [-0.2, -0.15) is 0 Å². The summed E-state index contributed by atoms with van der Waals surface area (Å²) < 4.78 is 17.6. The van der Waals surface area contributed by atoms with Crippen LogP contribution in [-0.4, -0.2) is 51.7 Å². The number of likely N-dealkylation sites (tertiary alicyclic amines) is 1. The predicted molar refractivity (Wildman–Crippen MR) is 103 cm³/mol. The van der Waals surface area contributed by atoms with Crippen molar-refractivity contribution in [2.24, 2.45) is 5.41 Å². The summed E-state index contributed by atoms with van der Waals surface area (Å²) >= 11 is 6.15. The van der Waals surface area contributed by atoms with Crippen molar-refractivity contribution in [3.05, 3.63) is 28.8 Å². The topological polar surface area (TPSA) is 83.9 Å². The van der Waals surface area contributed by atoms with E-state index in [9.17, 15) is 13.8 Å². The van der Waals surface area contributed by atoms with E-state index in [1.54, 1.807) is 18.2 Å². The molecule has 1 aromatic rings. The van der Waals surface area contributed by atoms with Crippen LogP contribution < -0.4 is 0 Å². The Balaban J connectivity index is 1.61. The van der Waals surface area contributed by atoms with E-state index in [0.29, 0.717) is 18.0 Å². The number of piperidine rings is 1. The van der Waals surface area contributed by atoms with Crippen LogP contribution in [-0.2, 0) is 15.5 Å². The Hall–Kier alpha value is -1.60. The van der Waals surface area contributed by atoms with Crippen molar-refractivity contribution in [1.29, 1.82) is 0 Å². The molecule has 1 aliphatic heterocycles. The maximum atomic E-state index is 13.0. The molecule has 8 heteroatoms. The summed E-state index contributed by atoms with van der Waals surface area (Å²) in [6.07, 6.45) is 4.60. The van der Waals surface area contributed by atoms with Gasteiger partial charge in [0.05, 0.1) is 28.5 Å². The quantitative estimate of drug-likeness (QED) is 0.759. The number of amides is 1. The fourth-order valence-corrected chi connectivity index (χ4v) is 5.99. The van der Waals surface area contributed by atoms with Gasteiger partial charge in [-0.1, -0.05) is 11.6 Å². The van der Waals surface area contributed by atoms with Gasteiger partial charge < -0.3 is 14.7 Å². The Morgan fingerprint density at radius 3 is 2.37 bits per heavy atom. The maximum Gasteiger partial charge on any atom is 0.407 e. The number of carbonyl (C=O) groups is 2. The number of ether oxygens (including phenoxy) is 1. The van der Waals surface area contributed by atoms with Crippen LogP contribution >= 0.6 is 11.6 Å². The van der Waals surface area contributed by atoms with Gasteiger partial charge in [-0.05, 0) is 62.1 Å².